The van der Waals surface area contributed by atoms with Gasteiger partial charge in [0.1, 0.15) is 11.5 Å². The molecule has 4 rings (SSSR count). The number of nitrogens with zero attached hydrogens (tertiary/aromatic N) is 2. The molecule has 2 heterocycles. The first-order valence-electron chi connectivity index (χ1n) is 10.6. The fraction of sp³-hybridized carbons (Fsp3) is 0.320. The highest BCUT2D eigenvalue weighted by Crippen LogP contribution is 2.20. The van der Waals surface area contributed by atoms with Crippen molar-refractivity contribution < 1.29 is 18.7 Å². The second-order valence-corrected chi connectivity index (χ2v) is 7.65. The predicted octanol–water partition coefficient (Wildman–Crippen LogP) is 3.96. The van der Waals surface area contributed by atoms with E-state index in [1.165, 1.54) is 5.56 Å². The van der Waals surface area contributed by atoms with Crippen molar-refractivity contribution in [3.63, 3.8) is 0 Å². The molecular formula is C25H28N2O4. The van der Waals surface area contributed by atoms with Crippen LogP contribution in [0, 0.1) is 0 Å². The van der Waals surface area contributed by atoms with Crippen LogP contribution < -0.4 is 4.74 Å². The van der Waals surface area contributed by atoms with E-state index < -0.39 is 0 Å². The van der Waals surface area contributed by atoms with Crippen LogP contribution in [0.5, 0.6) is 5.75 Å². The number of methoxy groups -OCH3 is 1. The van der Waals surface area contributed by atoms with E-state index in [2.05, 4.69) is 23.1 Å². The van der Waals surface area contributed by atoms with Crippen LogP contribution in [0.1, 0.15) is 27.4 Å². The molecule has 2 aromatic carbocycles. The lowest BCUT2D eigenvalue weighted by Crippen LogP contribution is -2.40. The Kier molecular flexibility index (Phi) is 7.02. The van der Waals surface area contributed by atoms with Crippen molar-refractivity contribution in [3.05, 3.63) is 89.4 Å². The normalized spacial score (nSPS) is 14.1. The Balaban J connectivity index is 1.48. The zero-order chi connectivity index (χ0) is 21.5. The third-order valence-electron chi connectivity index (χ3n) is 5.34. The topological polar surface area (TPSA) is 55.2 Å². The van der Waals surface area contributed by atoms with Crippen molar-refractivity contribution in [2.24, 2.45) is 0 Å². The summed E-state index contributed by atoms with van der Waals surface area (Å²) in [5.74, 6) is 1.93. The Morgan fingerprint density at radius 2 is 1.68 bits per heavy atom. The molecule has 0 bridgehead atoms. The second kappa shape index (κ2) is 10.3. The van der Waals surface area contributed by atoms with Gasteiger partial charge in [0.25, 0.3) is 5.91 Å². The average Bonchev–Trinajstić information content (AvgIpc) is 3.28. The molecule has 0 spiro atoms. The van der Waals surface area contributed by atoms with Gasteiger partial charge in [-0.25, -0.2) is 0 Å². The van der Waals surface area contributed by atoms with Crippen molar-refractivity contribution >= 4 is 5.91 Å². The zero-order valence-corrected chi connectivity index (χ0v) is 17.8. The average molecular weight is 421 g/mol. The lowest BCUT2D eigenvalue weighted by molar-refractivity contribution is 0.0281. The van der Waals surface area contributed by atoms with Gasteiger partial charge < -0.3 is 18.8 Å². The van der Waals surface area contributed by atoms with Crippen LogP contribution in [0.25, 0.3) is 0 Å². The van der Waals surface area contributed by atoms with E-state index in [1.807, 2.05) is 42.5 Å². The largest absolute Gasteiger partial charge is 0.497 e. The minimum absolute atomic E-state index is 0.0723. The molecule has 1 aliphatic heterocycles. The maximum atomic E-state index is 12.7. The number of carbonyl (C=O) groups excluding carboxylic acids is 1. The number of rotatable bonds is 8. The minimum atomic E-state index is -0.0723. The number of amides is 1. The third-order valence-corrected chi connectivity index (χ3v) is 5.34. The molecule has 31 heavy (non-hydrogen) atoms. The van der Waals surface area contributed by atoms with Gasteiger partial charge in [-0.1, -0.05) is 42.5 Å². The van der Waals surface area contributed by atoms with Crippen LogP contribution in [0.15, 0.2) is 71.1 Å². The SMILES string of the molecule is COc1cccc(CN(Cc2ccccc2)Cc2ccc(C(=O)N3CCOCC3)o2)c1. The molecule has 1 aliphatic rings. The lowest BCUT2D eigenvalue weighted by atomic mass is 10.1. The lowest BCUT2D eigenvalue weighted by Gasteiger charge is -2.25. The van der Waals surface area contributed by atoms with Crippen LogP contribution in [0.2, 0.25) is 0 Å². The highest BCUT2D eigenvalue weighted by molar-refractivity contribution is 5.91. The van der Waals surface area contributed by atoms with E-state index in [9.17, 15) is 4.79 Å². The third kappa shape index (κ3) is 5.75. The molecule has 162 valence electrons. The first-order valence-corrected chi connectivity index (χ1v) is 10.6. The fourth-order valence-electron chi connectivity index (χ4n) is 3.76. The molecule has 0 aliphatic carbocycles. The summed E-state index contributed by atoms with van der Waals surface area (Å²) in [4.78, 5) is 16.8. The predicted molar refractivity (Wildman–Crippen MR) is 118 cm³/mol. The summed E-state index contributed by atoms with van der Waals surface area (Å²) >= 11 is 0. The summed E-state index contributed by atoms with van der Waals surface area (Å²) in [6.07, 6.45) is 0. The van der Waals surface area contributed by atoms with Crippen molar-refractivity contribution in [1.82, 2.24) is 9.80 Å². The van der Waals surface area contributed by atoms with Gasteiger partial charge >= 0.3 is 0 Å². The molecule has 1 aromatic heterocycles. The molecule has 3 aromatic rings. The molecule has 6 heteroatoms. The maximum Gasteiger partial charge on any atom is 0.289 e. The van der Waals surface area contributed by atoms with Crippen LogP contribution >= 0.6 is 0 Å². The molecule has 0 N–H and O–H groups in total. The summed E-state index contributed by atoms with van der Waals surface area (Å²) < 4.78 is 16.7. The number of benzene rings is 2. The van der Waals surface area contributed by atoms with Crippen molar-refractivity contribution in [2.75, 3.05) is 33.4 Å². The Bertz CT molecular complexity index is 980. The Hall–Kier alpha value is -3.09. The number of furan rings is 1. The molecular weight excluding hydrogens is 392 g/mol. The standard InChI is InChI=1S/C25H28N2O4/c1-29-22-9-5-8-21(16-22)18-26(17-20-6-3-2-4-7-20)19-23-10-11-24(31-23)25(28)27-12-14-30-15-13-27/h2-11,16H,12-15,17-19H2,1H3. The van der Waals surface area contributed by atoms with Crippen molar-refractivity contribution in [1.29, 1.82) is 0 Å². The zero-order valence-electron chi connectivity index (χ0n) is 17.8. The van der Waals surface area contributed by atoms with Gasteiger partial charge in [-0.05, 0) is 35.4 Å². The van der Waals surface area contributed by atoms with E-state index in [-0.39, 0.29) is 5.91 Å². The first-order chi connectivity index (χ1) is 15.2. The second-order valence-electron chi connectivity index (χ2n) is 7.65. The number of hydrogen-bond acceptors (Lipinski definition) is 5. The maximum absolute atomic E-state index is 12.7. The summed E-state index contributed by atoms with van der Waals surface area (Å²) in [6, 6.07) is 22.1. The van der Waals surface area contributed by atoms with Gasteiger partial charge in [0, 0.05) is 26.2 Å². The van der Waals surface area contributed by atoms with Gasteiger partial charge in [-0.15, -0.1) is 0 Å². The quantitative estimate of drug-likeness (QED) is 0.552. The van der Waals surface area contributed by atoms with Crippen LogP contribution in [0.4, 0.5) is 0 Å². The molecule has 1 fully saturated rings. The molecule has 6 nitrogen and oxygen atoms in total. The minimum Gasteiger partial charge on any atom is -0.497 e. The van der Waals surface area contributed by atoms with Crippen molar-refractivity contribution in [3.8, 4) is 5.75 Å². The van der Waals surface area contributed by atoms with Gasteiger partial charge in [-0.3, -0.25) is 9.69 Å². The van der Waals surface area contributed by atoms with Crippen LogP contribution in [0.3, 0.4) is 0 Å². The van der Waals surface area contributed by atoms with E-state index in [0.29, 0.717) is 38.6 Å². The molecule has 1 amide bonds. The Morgan fingerprint density at radius 3 is 2.45 bits per heavy atom. The van der Waals surface area contributed by atoms with E-state index >= 15 is 0 Å². The molecule has 0 atom stereocenters. The first kappa shape index (κ1) is 21.2. The molecule has 0 radical (unpaired) electrons. The molecule has 0 saturated carbocycles. The van der Waals surface area contributed by atoms with Gasteiger partial charge in [0.05, 0.1) is 26.9 Å². The fourth-order valence-corrected chi connectivity index (χ4v) is 3.76. The summed E-state index contributed by atoms with van der Waals surface area (Å²) in [5.41, 5.74) is 2.38. The number of ether oxygens (including phenoxy) is 2. The van der Waals surface area contributed by atoms with Gasteiger partial charge in [0.2, 0.25) is 0 Å². The van der Waals surface area contributed by atoms with E-state index in [0.717, 1.165) is 30.2 Å². The summed E-state index contributed by atoms with van der Waals surface area (Å²) in [5, 5.41) is 0. The molecule has 1 saturated heterocycles. The van der Waals surface area contributed by atoms with E-state index in [4.69, 9.17) is 13.9 Å². The van der Waals surface area contributed by atoms with Crippen molar-refractivity contribution in [2.45, 2.75) is 19.6 Å². The number of morpholine rings is 1. The highest BCUT2D eigenvalue weighted by Gasteiger charge is 2.22. The van der Waals surface area contributed by atoms with Gasteiger partial charge in [-0.2, -0.15) is 0 Å². The highest BCUT2D eigenvalue weighted by atomic mass is 16.5. The number of hydrogen-bond donors (Lipinski definition) is 0. The monoisotopic (exact) mass is 420 g/mol. The Morgan fingerprint density at radius 1 is 0.935 bits per heavy atom. The van der Waals surface area contributed by atoms with Gasteiger partial charge in [0.15, 0.2) is 5.76 Å². The summed E-state index contributed by atoms with van der Waals surface area (Å²) in [7, 11) is 1.68. The van der Waals surface area contributed by atoms with Crippen LogP contribution in [-0.2, 0) is 24.4 Å². The molecule has 0 unspecified atom stereocenters. The number of carbonyl (C=O) groups is 1. The Labute approximate surface area is 183 Å². The smallest absolute Gasteiger partial charge is 0.289 e. The summed E-state index contributed by atoms with van der Waals surface area (Å²) in [6.45, 7) is 4.46. The van der Waals surface area contributed by atoms with E-state index in [1.54, 1.807) is 18.1 Å². The van der Waals surface area contributed by atoms with Crippen LogP contribution in [-0.4, -0.2) is 49.1 Å².